The number of amides is 1. The zero-order chi connectivity index (χ0) is 16.3. The molecule has 116 valence electrons. The van der Waals surface area contributed by atoms with Gasteiger partial charge in [-0.3, -0.25) is 9.52 Å². The summed E-state index contributed by atoms with van der Waals surface area (Å²) in [5.74, 6) is -0.226. The fourth-order valence-corrected chi connectivity index (χ4v) is 4.12. The molecule has 0 unspecified atom stereocenters. The van der Waals surface area contributed by atoms with Crippen LogP contribution in [0.2, 0.25) is 0 Å². The third-order valence-electron chi connectivity index (χ3n) is 3.00. The van der Waals surface area contributed by atoms with Gasteiger partial charge in [0.25, 0.3) is 15.9 Å². The van der Waals surface area contributed by atoms with Crippen LogP contribution in [-0.4, -0.2) is 21.4 Å². The molecule has 0 aliphatic rings. The number of hydrogen-bond donors (Lipinski definition) is 2. The first-order valence-electron chi connectivity index (χ1n) is 6.44. The normalized spacial score (nSPS) is 11.0. The van der Waals surface area contributed by atoms with Crippen molar-refractivity contribution in [2.75, 3.05) is 11.8 Å². The van der Waals surface area contributed by atoms with Crippen molar-refractivity contribution in [2.24, 2.45) is 0 Å². The maximum absolute atomic E-state index is 12.4. The second-order valence-electron chi connectivity index (χ2n) is 4.70. The standard InChI is InChI=1S/C15H15BrN2O3S/c1-10-3-8-14(13(16)9-10)22(20,21)18-12-6-4-11(5-7-12)15(19)17-2/h3-9,18H,1-2H3,(H,17,19). The molecule has 5 nitrogen and oxygen atoms in total. The summed E-state index contributed by atoms with van der Waals surface area (Å²) in [6, 6.07) is 11.2. The number of carbonyl (C=O) groups is 1. The monoisotopic (exact) mass is 382 g/mol. The molecule has 0 aliphatic heterocycles. The summed E-state index contributed by atoms with van der Waals surface area (Å²) in [5.41, 5.74) is 1.81. The lowest BCUT2D eigenvalue weighted by molar-refractivity contribution is 0.0963. The van der Waals surface area contributed by atoms with Gasteiger partial charge in [-0.15, -0.1) is 0 Å². The van der Waals surface area contributed by atoms with E-state index in [1.807, 2.05) is 6.92 Å². The minimum Gasteiger partial charge on any atom is -0.355 e. The van der Waals surface area contributed by atoms with Gasteiger partial charge >= 0.3 is 0 Å². The van der Waals surface area contributed by atoms with Crippen molar-refractivity contribution in [3.05, 3.63) is 58.1 Å². The third kappa shape index (κ3) is 3.66. The van der Waals surface area contributed by atoms with Crippen molar-refractivity contribution < 1.29 is 13.2 Å². The average Bonchev–Trinajstić information content (AvgIpc) is 2.46. The molecule has 22 heavy (non-hydrogen) atoms. The molecule has 2 aromatic rings. The van der Waals surface area contributed by atoms with E-state index < -0.39 is 10.0 Å². The van der Waals surface area contributed by atoms with E-state index in [-0.39, 0.29) is 10.8 Å². The van der Waals surface area contributed by atoms with Crippen LogP contribution in [0.25, 0.3) is 0 Å². The Labute approximate surface area is 137 Å². The molecule has 7 heteroatoms. The van der Waals surface area contributed by atoms with Crippen LogP contribution < -0.4 is 10.0 Å². The quantitative estimate of drug-likeness (QED) is 0.853. The molecule has 2 rings (SSSR count). The van der Waals surface area contributed by atoms with E-state index in [0.717, 1.165) is 5.56 Å². The first-order chi connectivity index (χ1) is 10.3. The van der Waals surface area contributed by atoms with Crippen LogP contribution in [0, 0.1) is 6.92 Å². The molecule has 0 spiro atoms. The van der Waals surface area contributed by atoms with Crippen molar-refractivity contribution in [1.29, 1.82) is 0 Å². The van der Waals surface area contributed by atoms with Crippen molar-refractivity contribution in [3.8, 4) is 0 Å². The Morgan fingerprint density at radius 1 is 1.09 bits per heavy atom. The van der Waals surface area contributed by atoms with Gasteiger partial charge in [-0.25, -0.2) is 8.42 Å². The van der Waals surface area contributed by atoms with Gasteiger partial charge in [0, 0.05) is 22.8 Å². The lowest BCUT2D eigenvalue weighted by atomic mass is 10.2. The van der Waals surface area contributed by atoms with E-state index in [1.54, 1.807) is 42.5 Å². The first kappa shape index (κ1) is 16.5. The number of hydrogen-bond acceptors (Lipinski definition) is 3. The summed E-state index contributed by atoms with van der Waals surface area (Å²) in [5, 5.41) is 2.50. The van der Waals surface area contributed by atoms with Gasteiger partial charge in [0.15, 0.2) is 0 Å². The van der Waals surface area contributed by atoms with Crippen molar-refractivity contribution in [2.45, 2.75) is 11.8 Å². The van der Waals surface area contributed by atoms with E-state index in [0.29, 0.717) is 15.7 Å². The maximum Gasteiger partial charge on any atom is 0.263 e. The molecule has 0 saturated heterocycles. The molecule has 0 aromatic heterocycles. The highest BCUT2D eigenvalue weighted by molar-refractivity contribution is 9.10. The summed E-state index contributed by atoms with van der Waals surface area (Å²) >= 11 is 3.26. The lowest BCUT2D eigenvalue weighted by Crippen LogP contribution is -2.18. The molecule has 0 aliphatic carbocycles. The molecular formula is C15H15BrN2O3S. The van der Waals surface area contributed by atoms with E-state index in [4.69, 9.17) is 0 Å². The zero-order valence-electron chi connectivity index (χ0n) is 12.1. The second kappa shape index (κ2) is 6.50. The Balaban J connectivity index is 2.27. The molecule has 2 aromatic carbocycles. The number of benzene rings is 2. The Kier molecular flexibility index (Phi) is 4.87. The van der Waals surface area contributed by atoms with Gasteiger partial charge in [0.05, 0.1) is 0 Å². The largest absolute Gasteiger partial charge is 0.355 e. The van der Waals surface area contributed by atoms with E-state index in [1.165, 1.54) is 7.05 Å². The van der Waals surface area contributed by atoms with Crippen LogP contribution in [0.4, 0.5) is 5.69 Å². The fourth-order valence-electron chi connectivity index (χ4n) is 1.87. The van der Waals surface area contributed by atoms with Gasteiger partial charge in [-0.2, -0.15) is 0 Å². The number of nitrogens with one attached hydrogen (secondary N) is 2. The van der Waals surface area contributed by atoms with Gasteiger partial charge < -0.3 is 5.32 Å². The highest BCUT2D eigenvalue weighted by Crippen LogP contribution is 2.25. The zero-order valence-corrected chi connectivity index (χ0v) is 14.5. The van der Waals surface area contributed by atoms with Gasteiger partial charge in [-0.1, -0.05) is 6.07 Å². The number of sulfonamides is 1. The van der Waals surface area contributed by atoms with Gasteiger partial charge in [0.1, 0.15) is 4.90 Å². The number of aryl methyl sites for hydroxylation is 1. The van der Waals surface area contributed by atoms with E-state index >= 15 is 0 Å². The number of carbonyl (C=O) groups excluding carboxylic acids is 1. The molecular weight excluding hydrogens is 368 g/mol. The van der Waals surface area contributed by atoms with E-state index in [2.05, 4.69) is 26.0 Å². The topological polar surface area (TPSA) is 75.3 Å². The highest BCUT2D eigenvalue weighted by Gasteiger charge is 2.17. The molecule has 0 saturated carbocycles. The summed E-state index contributed by atoms with van der Waals surface area (Å²) in [6.07, 6.45) is 0. The molecule has 0 atom stereocenters. The van der Waals surface area contributed by atoms with Crippen LogP contribution in [0.5, 0.6) is 0 Å². The summed E-state index contributed by atoms with van der Waals surface area (Å²) < 4.78 is 27.8. The van der Waals surface area contributed by atoms with Crippen LogP contribution in [0.3, 0.4) is 0 Å². The smallest absolute Gasteiger partial charge is 0.263 e. The Bertz CT molecular complexity index is 802. The van der Waals surface area contributed by atoms with E-state index in [9.17, 15) is 13.2 Å². The van der Waals surface area contributed by atoms with Gasteiger partial charge in [-0.05, 0) is 64.8 Å². The Morgan fingerprint density at radius 3 is 2.27 bits per heavy atom. The Morgan fingerprint density at radius 2 is 1.73 bits per heavy atom. The number of anilines is 1. The maximum atomic E-state index is 12.4. The molecule has 0 bridgehead atoms. The second-order valence-corrected chi connectivity index (χ2v) is 7.20. The molecule has 0 fully saturated rings. The first-order valence-corrected chi connectivity index (χ1v) is 8.72. The van der Waals surface area contributed by atoms with Crippen LogP contribution in [-0.2, 0) is 10.0 Å². The predicted octanol–water partition coefficient (Wildman–Crippen LogP) is 2.92. The predicted molar refractivity (Wildman–Crippen MR) is 89.5 cm³/mol. The fraction of sp³-hybridized carbons (Fsp3) is 0.133. The lowest BCUT2D eigenvalue weighted by Gasteiger charge is -2.10. The van der Waals surface area contributed by atoms with Crippen molar-refractivity contribution >= 4 is 37.5 Å². The SMILES string of the molecule is CNC(=O)c1ccc(NS(=O)(=O)c2ccc(C)cc2Br)cc1. The average molecular weight is 383 g/mol. The molecule has 1 amide bonds. The number of halogens is 1. The number of rotatable bonds is 4. The van der Waals surface area contributed by atoms with Crippen LogP contribution in [0.15, 0.2) is 51.8 Å². The molecule has 0 heterocycles. The van der Waals surface area contributed by atoms with Crippen molar-refractivity contribution in [3.63, 3.8) is 0 Å². The van der Waals surface area contributed by atoms with Gasteiger partial charge in [0.2, 0.25) is 0 Å². The summed E-state index contributed by atoms with van der Waals surface area (Å²) in [7, 11) is -2.16. The minimum atomic E-state index is -3.70. The summed E-state index contributed by atoms with van der Waals surface area (Å²) in [4.78, 5) is 11.6. The van der Waals surface area contributed by atoms with Crippen molar-refractivity contribution in [1.82, 2.24) is 5.32 Å². The molecule has 2 N–H and O–H groups in total. The highest BCUT2D eigenvalue weighted by atomic mass is 79.9. The van der Waals surface area contributed by atoms with Crippen LogP contribution >= 0.6 is 15.9 Å². The minimum absolute atomic E-state index is 0.161. The van der Waals surface area contributed by atoms with Crippen LogP contribution in [0.1, 0.15) is 15.9 Å². The molecule has 0 radical (unpaired) electrons. The Hall–Kier alpha value is -1.86. The summed E-state index contributed by atoms with van der Waals surface area (Å²) in [6.45, 7) is 1.88. The third-order valence-corrected chi connectivity index (χ3v) is 5.36.